The number of hydrogen-bond acceptors (Lipinski definition) is 1. The van der Waals surface area contributed by atoms with E-state index in [9.17, 15) is 0 Å². The average molecular weight is 429 g/mol. The normalized spacial score (nSPS) is 11.6. The zero-order chi connectivity index (χ0) is 22.7. The van der Waals surface area contributed by atoms with Gasteiger partial charge < -0.3 is 0 Å². The number of pyridine rings is 2. The van der Waals surface area contributed by atoms with Crippen LogP contribution in [-0.4, -0.2) is 9.55 Å². The van der Waals surface area contributed by atoms with Gasteiger partial charge in [-0.05, 0) is 68.3 Å². The minimum atomic E-state index is 0.989. The van der Waals surface area contributed by atoms with Crippen LogP contribution in [0.1, 0.15) is 16.7 Å². The summed E-state index contributed by atoms with van der Waals surface area (Å²) < 4.78 is 4.62. The van der Waals surface area contributed by atoms with Crippen molar-refractivity contribution in [3.8, 4) is 16.9 Å². The fourth-order valence-corrected chi connectivity index (χ4v) is 5.22. The number of benzene rings is 3. The molecule has 0 aliphatic heterocycles. The predicted molar refractivity (Wildman–Crippen MR) is 137 cm³/mol. The molecule has 0 amide bonds. The van der Waals surface area contributed by atoms with Crippen LogP contribution in [0.15, 0.2) is 85.1 Å². The summed E-state index contributed by atoms with van der Waals surface area (Å²) in [5.41, 5.74) is 11.0. The highest BCUT2D eigenvalue weighted by molar-refractivity contribution is 6.09. The minimum absolute atomic E-state index is 0.989. The van der Waals surface area contributed by atoms with Gasteiger partial charge >= 0.3 is 0 Å². The summed E-state index contributed by atoms with van der Waals surface area (Å²) in [6, 6.07) is 28.4. The number of para-hydroxylation sites is 1. The summed E-state index contributed by atoms with van der Waals surface area (Å²) in [6.07, 6.45) is 1.88. The Morgan fingerprint density at radius 2 is 1.58 bits per heavy atom. The molecule has 3 heteroatoms. The summed E-state index contributed by atoms with van der Waals surface area (Å²) in [5, 5.41) is 3.61. The van der Waals surface area contributed by atoms with Crippen LogP contribution >= 0.6 is 0 Å². The Kier molecular flexibility index (Phi) is 4.34. The van der Waals surface area contributed by atoms with E-state index in [0.717, 1.165) is 11.3 Å². The first-order valence-electron chi connectivity index (χ1n) is 11.4. The molecule has 6 rings (SSSR count). The van der Waals surface area contributed by atoms with Crippen LogP contribution in [0.4, 0.5) is 0 Å². The van der Waals surface area contributed by atoms with Gasteiger partial charge in [0.15, 0.2) is 0 Å². The van der Waals surface area contributed by atoms with Crippen molar-refractivity contribution < 1.29 is 4.57 Å². The van der Waals surface area contributed by atoms with E-state index in [-0.39, 0.29) is 0 Å². The molecule has 0 saturated heterocycles. The second-order valence-electron chi connectivity index (χ2n) is 8.97. The molecule has 0 aliphatic carbocycles. The van der Waals surface area contributed by atoms with Gasteiger partial charge in [-0.25, -0.2) is 4.98 Å². The molecule has 0 radical (unpaired) electrons. The van der Waals surface area contributed by atoms with Gasteiger partial charge in [0.25, 0.3) is 0 Å². The molecule has 3 heterocycles. The maximum atomic E-state index is 4.78. The second kappa shape index (κ2) is 7.28. The molecule has 0 atom stereocenters. The van der Waals surface area contributed by atoms with Crippen LogP contribution in [0.25, 0.3) is 49.8 Å². The quantitative estimate of drug-likeness (QED) is 0.280. The van der Waals surface area contributed by atoms with Gasteiger partial charge in [-0.1, -0.05) is 35.9 Å². The third-order valence-electron chi connectivity index (χ3n) is 6.95. The lowest BCUT2D eigenvalue weighted by Crippen LogP contribution is -2.32. The Balaban J connectivity index is 1.67. The van der Waals surface area contributed by atoms with E-state index in [1.807, 2.05) is 12.3 Å². The van der Waals surface area contributed by atoms with E-state index in [0.29, 0.717) is 0 Å². The fraction of sp³-hybridized carbons (Fsp3) is 0.133. The summed E-state index contributed by atoms with van der Waals surface area (Å²) in [7, 11) is 2.17. The number of hydrogen-bond donors (Lipinski definition) is 0. The topological polar surface area (TPSA) is 21.7 Å². The van der Waals surface area contributed by atoms with Crippen LogP contribution in [0.3, 0.4) is 0 Å². The van der Waals surface area contributed by atoms with E-state index >= 15 is 0 Å². The highest BCUT2D eigenvalue weighted by Gasteiger charge is 2.21. The van der Waals surface area contributed by atoms with E-state index in [2.05, 4.69) is 110 Å². The maximum absolute atomic E-state index is 4.78. The SMILES string of the molecule is Cc1cc(C)c(C)c(-c2ccc3c(-n4c5ccccc5c5cccnc54)cccc3[n+]2C)c1. The third-order valence-corrected chi connectivity index (χ3v) is 6.95. The summed E-state index contributed by atoms with van der Waals surface area (Å²) in [5.74, 6) is 0. The van der Waals surface area contributed by atoms with Crippen LogP contribution in [0.2, 0.25) is 0 Å². The molecule has 0 N–H and O–H groups in total. The van der Waals surface area contributed by atoms with Gasteiger partial charge in [-0.15, -0.1) is 0 Å². The van der Waals surface area contributed by atoms with Crippen LogP contribution < -0.4 is 4.57 Å². The molecule has 0 bridgehead atoms. The Bertz CT molecular complexity index is 1650. The van der Waals surface area contributed by atoms with Gasteiger partial charge in [0.05, 0.1) is 16.6 Å². The molecule has 3 nitrogen and oxygen atoms in total. The molecule has 0 saturated carbocycles. The summed E-state index contributed by atoms with van der Waals surface area (Å²) in [4.78, 5) is 4.78. The lowest BCUT2D eigenvalue weighted by atomic mass is 9.97. The van der Waals surface area contributed by atoms with Crippen molar-refractivity contribution in [1.29, 1.82) is 0 Å². The zero-order valence-electron chi connectivity index (χ0n) is 19.4. The molecular formula is C30H26N3+. The molecule has 0 unspecified atom stereocenters. The Morgan fingerprint density at radius 3 is 2.45 bits per heavy atom. The number of nitrogens with zero attached hydrogens (tertiary/aromatic N) is 3. The Morgan fingerprint density at radius 1 is 0.758 bits per heavy atom. The Hall–Kier alpha value is -3.98. The molecule has 0 fully saturated rings. The standard InChI is InChI=1S/C30H26N3/c1-19-17-20(2)21(3)25(18-19)27-15-14-24-26(32(27)4)12-7-13-29(24)33-28-11-6-5-9-22(28)23-10-8-16-31-30(23)33/h5-18H,1-4H3/q+1. The van der Waals surface area contributed by atoms with Crippen molar-refractivity contribution in [2.45, 2.75) is 20.8 Å². The first-order valence-corrected chi connectivity index (χ1v) is 11.4. The fourth-order valence-electron chi connectivity index (χ4n) is 5.22. The lowest BCUT2D eigenvalue weighted by Gasteiger charge is -2.13. The number of aromatic nitrogens is 3. The van der Waals surface area contributed by atoms with Crippen molar-refractivity contribution in [3.63, 3.8) is 0 Å². The molecule has 6 aromatic rings. The van der Waals surface area contributed by atoms with Gasteiger partial charge in [-0.3, -0.25) is 4.57 Å². The number of fused-ring (bicyclic) bond motifs is 4. The highest BCUT2D eigenvalue weighted by Crippen LogP contribution is 2.34. The Labute approximate surface area is 193 Å². The first kappa shape index (κ1) is 19.7. The third kappa shape index (κ3) is 2.89. The number of rotatable bonds is 2. The zero-order valence-corrected chi connectivity index (χ0v) is 19.4. The molecule has 160 valence electrons. The van der Waals surface area contributed by atoms with Crippen molar-refractivity contribution in [3.05, 3.63) is 102 Å². The van der Waals surface area contributed by atoms with Gasteiger partial charge in [0.1, 0.15) is 12.7 Å². The van der Waals surface area contributed by atoms with E-state index in [1.165, 1.54) is 55.1 Å². The lowest BCUT2D eigenvalue weighted by molar-refractivity contribution is -0.633. The predicted octanol–water partition coefficient (Wildman–Crippen LogP) is 6.75. The van der Waals surface area contributed by atoms with Gasteiger partial charge in [0.2, 0.25) is 11.2 Å². The molecule has 33 heavy (non-hydrogen) atoms. The van der Waals surface area contributed by atoms with E-state index < -0.39 is 0 Å². The highest BCUT2D eigenvalue weighted by atomic mass is 15.1. The summed E-state index contributed by atoms with van der Waals surface area (Å²) in [6.45, 7) is 6.58. The summed E-state index contributed by atoms with van der Waals surface area (Å²) >= 11 is 0. The van der Waals surface area contributed by atoms with Gasteiger partial charge in [-0.2, -0.15) is 4.57 Å². The molecule has 3 aromatic heterocycles. The monoisotopic (exact) mass is 428 g/mol. The largest absolute Gasteiger partial charge is 0.293 e. The van der Waals surface area contributed by atoms with Gasteiger partial charge in [0, 0.05) is 34.7 Å². The van der Waals surface area contributed by atoms with E-state index in [1.54, 1.807) is 0 Å². The van der Waals surface area contributed by atoms with Crippen molar-refractivity contribution in [2.24, 2.45) is 7.05 Å². The van der Waals surface area contributed by atoms with E-state index in [4.69, 9.17) is 4.98 Å². The molecule has 0 aliphatic rings. The van der Waals surface area contributed by atoms with Crippen LogP contribution in [0.5, 0.6) is 0 Å². The molecule has 0 spiro atoms. The van der Waals surface area contributed by atoms with Crippen molar-refractivity contribution in [2.75, 3.05) is 0 Å². The molecular weight excluding hydrogens is 402 g/mol. The second-order valence-corrected chi connectivity index (χ2v) is 8.97. The van der Waals surface area contributed by atoms with Crippen LogP contribution in [-0.2, 0) is 7.05 Å². The minimum Gasteiger partial charge on any atom is -0.293 e. The number of aryl methyl sites for hydroxylation is 3. The molecule has 3 aromatic carbocycles. The first-order chi connectivity index (χ1) is 16.0. The smallest absolute Gasteiger partial charge is 0.214 e. The van der Waals surface area contributed by atoms with Crippen molar-refractivity contribution >= 4 is 32.8 Å². The average Bonchev–Trinajstić information content (AvgIpc) is 3.16. The van der Waals surface area contributed by atoms with Crippen molar-refractivity contribution in [1.82, 2.24) is 9.55 Å². The maximum Gasteiger partial charge on any atom is 0.214 e. The van der Waals surface area contributed by atoms with Crippen LogP contribution in [0, 0.1) is 20.8 Å².